The first kappa shape index (κ1) is 20.2. The number of anilines is 1. The Bertz CT molecular complexity index is 766. The number of amides is 2. The van der Waals surface area contributed by atoms with Crippen LogP contribution in [0.2, 0.25) is 0 Å². The lowest BCUT2D eigenvalue weighted by molar-refractivity contribution is -0.127. The Kier molecular flexibility index (Phi) is 5.91. The summed E-state index contributed by atoms with van der Waals surface area (Å²) in [6.45, 7) is 1.04. The number of carbonyl (C=O) groups excluding carboxylic acids is 2. The summed E-state index contributed by atoms with van der Waals surface area (Å²) in [6.07, 6.45) is 4.81. The van der Waals surface area contributed by atoms with Crippen molar-refractivity contribution in [3.8, 4) is 0 Å². The number of aliphatic imine (C=N–C) groups is 1. The van der Waals surface area contributed by atoms with Gasteiger partial charge in [0.25, 0.3) is 0 Å². The second-order valence-electron chi connectivity index (χ2n) is 8.16. The fourth-order valence-electron chi connectivity index (χ4n) is 4.13. The van der Waals surface area contributed by atoms with Crippen molar-refractivity contribution in [1.29, 1.82) is 0 Å². The van der Waals surface area contributed by atoms with Crippen LogP contribution in [-0.2, 0) is 15.0 Å². The standard InChI is InChI=1S/C21H31N5O2/c1-24(2)18(27)13-22-20(23-14-19(28)25(3)4)26-15-21(11-7-8-12-21)16-9-5-6-10-17(16)26/h5-6,9-10H,7-8,11-15H2,1-4H3,(H,22,23). The Hall–Kier alpha value is -2.57. The number of hydrogen-bond donors (Lipinski definition) is 1. The predicted molar refractivity (Wildman–Crippen MR) is 112 cm³/mol. The Morgan fingerprint density at radius 1 is 1.07 bits per heavy atom. The summed E-state index contributed by atoms with van der Waals surface area (Å²) in [5.74, 6) is 0.498. The fraction of sp³-hybridized carbons (Fsp3) is 0.571. The number of guanidine groups is 1. The summed E-state index contributed by atoms with van der Waals surface area (Å²) in [5, 5.41) is 3.20. The molecule has 1 aromatic rings. The number of nitrogens with one attached hydrogen (secondary N) is 1. The van der Waals surface area contributed by atoms with E-state index >= 15 is 0 Å². The molecule has 0 radical (unpaired) electrons. The molecule has 1 aliphatic heterocycles. The monoisotopic (exact) mass is 385 g/mol. The minimum atomic E-state index is -0.0682. The minimum absolute atomic E-state index is 0.0327. The van der Waals surface area contributed by atoms with E-state index < -0.39 is 0 Å². The molecule has 0 atom stereocenters. The zero-order valence-corrected chi connectivity index (χ0v) is 17.4. The van der Waals surface area contributed by atoms with Crippen molar-refractivity contribution < 1.29 is 9.59 Å². The Labute approximate surface area is 167 Å². The van der Waals surface area contributed by atoms with Crippen LogP contribution in [0.15, 0.2) is 29.3 Å². The summed E-state index contributed by atoms with van der Waals surface area (Å²) in [6, 6.07) is 8.46. The molecule has 1 spiro atoms. The van der Waals surface area contributed by atoms with E-state index in [1.54, 1.807) is 33.1 Å². The summed E-state index contributed by atoms with van der Waals surface area (Å²) in [4.78, 5) is 34.0. The van der Waals surface area contributed by atoms with Gasteiger partial charge in [-0.15, -0.1) is 0 Å². The maximum absolute atomic E-state index is 12.1. The molecule has 152 valence electrons. The van der Waals surface area contributed by atoms with Gasteiger partial charge in [-0.2, -0.15) is 0 Å². The molecule has 0 bridgehead atoms. The molecule has 3 rings (SSSR count). The number of para-hydroxylation sites is 1. The number of benzene rings is 1. The highest BCUT2D eigenvalue weighted by molar-refractivity contribution is 6.01. The van der Waals surface area contributed by atoms with E-state index in [-0.39, 0.29) is 30.3 Å². The highest BCUT2D eigenvalue weighted by atomic mass is 16.2. The second kappa shape index (κ2) is 8.20. The van der Waals surface area contributed by atoms with Crippen LogP contribution in [0.5, 0.6) is 0 Å². The highest BCUT2D eigenvalue weighted by Gasteiger charge is 2.45. The van der Waals surface area contributed by atoms with Crippen LogP contribution in [0.3, 0.4) is 0 Å². The molecule has 7 nitrogen and oxygen atoms in total. The number of carbonyl (C=O) groups is 2. The Morgan fingerprint density at radius 3 is 2.36 bits per heavy atom. The van der Waals surface area contributed by atoms with Crippen molar-refractivity contribution >= 4 is 23.5 Å². The predicted octanol–water partition coefficient (Wildman–Crippen LogP) is 1.44. The lowest BCUT2D eigenvalue weighted by Gasteiger charge is -2.27. The number of hydrogen-bond acceptors (Lipinski definition) is 3. The highest BCUT2D eigenvalue weighted by Crippen LogP contribution is 2.50. The first-order valence-corrected chi connectivity index (χ1v) is 9.90. The van der Waals surface area contributed by atoms with Crippen LogP contribution in [0, 0.1) is 0 Å². The lowest BCUT2D eigenvalue weighted by atomic mass is 9.81. The largest absolute Gasteiger partial charge is 0.347 e. The van der Waals surface area contributed by atoms with Crippen LogP contribution in [0.4, 0.5) is 5.69 Å². The van der Waals surface area contributed by atoms with Gasteiger partial charge in [0.1, 0.15) is 6.54 Å². The van der Waals surface area contributed by atoms with Crippen molar-refractivity contribution in [2.45, 2.75) is 31.1 Å². The van der Waals surface area contributed by atoms with Gasteiger partial charge < -0.3 is 20.0 Å². The second-order valence-corrected chi connectivity index (χ2v) is 8.16. The van der Waals surface area contributed by atoms with Crippen molar-refractivity contribution in [3.63, 3.8) is 0 Å². The molecular formula is C21H31N5O2. The van der Waals surface area contributed by atoms with Gasteiger partial charge in [-0.25, -0.2) is 4.99 Å². The van der Waals surface area contributed by atoms with Crippen LogP contribution >= 0.6 is 0 Å². The van der Waals surface area contributed by atoms with E-state index in [9.17, 15) is 9.59 Å². The molecule has 28 heavy (non-hydrogen) atoms. The molecule has 2 aliphatic rings. The van der Waals surface area contributed by atoms with Crippen molar-refractivity contribution in [3.05, 3.63) is 29.8 Å². The smallest absolute Gasteiger partial charge is 0.243 e. The molecule has 1 fully saturated rings. The number of nitrogens with zero attached hydrogens (tertiary/aromatic N) is 4. The minimum Gasteiger partial charge on any atom is -0.347 e. The van der Waals surface area contributed by atoms with Crippen LogP contribution < -0.4 is 10.2 Å². The molecule has 1 aromatic carbocycles. The number of rotatable bonds is 4. The molecule has 0 unspecified atom stereocenters. The van der Waals surface area contributed by atoms with Gasteiger partial charge in [-0.3, -0.25) is 9.59 Å². The van der Waals surface area contributed by atoms with Crippen LogP contribution in [0.1, 0.15) is 31.2 Å². The van der Waals surface area contributed by atoms with Gasteiger partial charge in [0.05, 0.1) is 6.54 Å². The van der Waals surface area contributed by atoms with Crippen molar-refractivity contribution in [2.24, 2.45) is 4.99 Å². The molecule has 0 aromatic heterocycles. The van der Waals surface area contributed by atoms with Gasteiger partial charge in [0.15, 0.2) is 5.96 Å². The van der Waals surface area contributed by atoms with E-state index in [1.165, 1.54) is 36.1 Å². The van der Waals surface area contributed by atoms with E-state index in [2.05, 4.69) is 33.4 Å². The van der Waals surface area contributed by atoms with Gasteiger partial charge in [0.2, 0.25) is 11.8 Å². The summed E-state index contributed by atoms with van der Waals surface area (Å²) in [5.41, 5.74) is 2.64. The van der Waals surface area contributed by atoms with Crippen LogP contribution in [-0.4, -0.2) is 75.4 Å². The topological polar surface area (TPSA) is 68.2 Å². The maximum atomic E-state index is 12.1. The average molecular weight is 386 g/mol. The first-order valence-electron chi connectivity index (χ1n) is 9.90. The van der Waals surface area contributed by atoms with E-state index in [0.29, 0.717) is 5.96 Å². The zero-order chi connectivity index (χ0) is 20.3. The first-order chi connectivity index (χ1) is 13.3. The van der Waals surface area contributed by atoms with E-state index in [4.69, 9.17) is 0 Å². The Morgan fingerprint density at radius 2 is 1.71 bits per heavy atom. The van der Waals surface area contributed by atoms with Gasteiger partial charge in [-0.1, -0.05) is 31.0 Å². The average Bonchev–Trinajstić information content (AvgIpc) is 3.27. The van der Waals surface area contributed by atoms with Crippen molar-refractivity contribution in [2.75, 3.05) is 52.7 Å². The number of likely N-dealkylation sites (N-methyl/N-ethyl adjacent to an activating group) is 2. The Balaban J connectivity index is 1.90. The third-order valence-corrected chi connectivity index (χ3v) is 5.80. The lowest BCUT2D eigenvalue weighted by Crippen LogP contribution is -2.47. The molecule has 1 aliphatic carbocycles. The fourth-order valence-corrected chi connectivity index (χ4v) is 4.13. The molecule has 7 heteroatoms. The van der Waals surface area contributed by atoms with Crippen LogP contribution in [0.25, 0.3) is 0 Å². The van der Waals surface area contributed by atoms with Gasteiger partial charge in [-0.05, 0) is 24.5 Å². The third-order valence-electron chi connectivity index (χ3n) is 5.80. The molecule has 1 N–H and O–H groups in total. The quantitative estimate of drug-likeness (QED) is 0.629. The van der Waals surface area contributed by atoms with Gasteiger partial charge >= 0.3 is 0 Å². The van der Waals surface area contributed by atoms with Crippen molar-refractivity contribution in [1.82, 2.24) is 15.1 Å². The summed E-state index contributed by atoms with van der Waals surface area (Å²) >= 11 is 0. The molecular weight excluding hydrogens is 354 g/mol. The zero-order valence-electron chi connectivity index (χ0n) is 17.4. The molecule has 1 saturated carbocycles. The maximum Gasteiger partial charge on any atom is 0.243 e. The molecule has 0 saturated heterocycles. The molecule has 1 heterocycles. The third kappa shape index (κ3) is 3.98. The van der Waals surface area contributed by atoms with E-state index in [0.717, 1.165) is 12.2 Å². The molecule has 2 amide bonds. The van der Waals surface area contributed by atoms with E-state index in [1.807, 2.05) is 6.07 Å². The summed E-state index contributed by atoms with van der Waals surface area (Å²) < 4.78 is 0. The number of fused-ring (bicyclic) bond motifs is 2. The van der Waals surface area contributed by atoms with Gasteiger partial charge in [0, 0.05) is 45.8 Å². The summed E-state index contributed by atoms with van der Waals surface area (Å²) in [7, 11) is 6.91. The SMILES string of the molecule is CN(C)C(=O)CN=C(NCC(=O)N(C)C)N1CC2(CCCC2)c2ccccc21. The normalized spacial score (nSPS) is 17.6.